The Kier molecular flexibility index (Phi) is 3.72. The van der Waals surface area contributed by atoms with E-state index in [1.807, 2.05) is 6.07 Å². The lowest BCUT2D eigenvalue weighted by Crippen LogP contribution is -2.44. The highest BCUT2D eigenvalue weighted by atomic mass is 16.7. The van der Waals surface area contributed by atoms with Crippen molar-refractivity contribution in [1.29, 1.82) is 0 Å². The minimum absolute atomic E-state index is 0.238. The van der Waals surface area contributed by atoms with Crippen LogP contribution in [0.4, 0.5) is 0 Å². The summed E-state index contributed by atoms with van der Waals surface area (Å²) in [6, 6.07) is 4.08. The first-order valence-corrected chi connectivity index (χ1v) is 7.14. The minimum Gasteiger partial charge on any atom is -0.507 e. The van der Waals surface area contributed by atoms with Gasteiger partial charge in [0.25, 0.3) is 0 Å². The van der Waals surface area contributed by atoms with Gasteiger partial charge in [-0.25, -0.2) is 0 Å². The molecular formula is C15H22N2O3. The molecule has 5 nitrogen and oxygen atoms in total. The number of hydrogen-bond acceptors (Lipinski definition) is 5. The number of phenols is 1. The number of piperidine rings is 1. The molecule has 0 saturated carbocycles. The average Bonchev–Trinajstić information content (AvgIpc) is 2.86. The fourth-order valence-electron chi connectivity index (χ4n) is 3.00. The topological polar surface area (TPSA) is 45.2 Å². The first kappa shape index (κ1) is 13.5. The molecule has 5 heteroatoms. The summed E-state index contributed by atoms with van der Waals surface area (Å²) in [7, 11) is 4.28. The Bertz CT molecular complexity index is 492. The molecule has 1 atom stereocenters. The van der Waals surface area contributed by atoms with Gasteiger partial charge in [-0.05, 0) is 39.5 Å². The van der Waals surface area contributed by atoms with E-state index in [0.717, 1.165) is 24.4 Å². The molecule has 2 aliphatic rings. The normalized spacial score (nSPS) is 22.4. The summed E-state index contributed by atoms with van der Waals surface area (Å²) < 4.78 is 10.6. The van der Waals surface area contributed by atoms with Crippen molar-refractivity contribution < 1.29 is 14.6 Å². The van der Waals surface area contributed by atoms with Crippen LogP contribution >= 0.6 is 0 Å². The number of rotatable bonds is 3. The molecule has 2 aliphatic heterocycles. The van der Waals surface area contributed by atoms with Crippen LogP contribution in [0.3, 0.4) is 0 Å². The third kappa shape index (κ3) is 2.69. The summed E-state index contributed by atoms with van der Waals surface area (Å²) in [5.74, 6) is 1.64. The van der Waals surface area contributed by atoms with Crippen molar-refractivity contribution in [2.24, 2.45) is 0 Å². The van der Waals surface area contributed by atoms with Crippen molar-refractivity contribution in [3.8, 4) is 17.2 Å². The molecule has 1 N–H and O–H groups in total. The van der Waals surface area contributed by atoms with Gasteiger partial charge >= 0.3 is 0 Å². The first-order valence-electron chi connectivity index (χ1n) is 7.14. The third-order valence-electron chi connectivity index (χ3n) is 4.22. The van der Waals surface area contributed by atoms with Crippen molar-refractivity contribution in [3.63, 3.8) is 0 Å². The number of likely N-dealkylation sites (tertiary alicyclic amines) is 1. The van der Waals surface area contributed by atoms with Gasteiger partial charge in [-0.1, -0.05) is 0 Å². The standard InChI is InChI=1S/C15H22N2O3/c1-16-5-3-4-12(9-16)17(2)8-11-6-14-15(7-13(11)18)20-10-19-14/h6-7,12,18H,3-5,8-10H2,1-2H3. The fourth-order valence-corrected chi connectivity index (χ4v) is 3.00. The molecule has 0 aliphatic carbocycles. The van der Waals surface area contributed by atoms with Crippen LogP contribution in [0.15, 0.2) is 12.1 Å². The second kappa shape index (κ2) is 5.50. The van der Waals surface area contributed by atoms with Gasteiger partial charge in [-0.3, -0.25) is 4.90 Å². The second-order valence-electron chi connectivity index (χ2n) is 5.81. The number of aromatic hydroxyl groups is 1. The molecule has 20 heavy (non-hydrogen) atoms. The van der Waals surface area contributed by atoms with Crippen molar-refractivity contribution in [3.05, 3.63) is 17.7 Å². The van der Waals surface area contributed by atoms with Crippen LogP contribution in [0, 0.1) is 0 Å². The van der Waals surface area contributed by atoms with Gasteiger partial charge in [-0.15, -0.1) is 0 Å². The van der Waals surface area contributed by atoms with E-state index in [2.05, 4.69) is 23.9 Å². The molecular weight excluding hydrogens is 256 g/mol. The van der Waals surface area contributed by atoms with Gasteiger partial charge in [0.05, 0.1) is 0 Å². The maximum atomic E-state index is 10.1. The maximum Gasteiger partial charge on any atom is 0.231 e. The zero-order chi connectivity index (χ0) is 14.1. The summed E-state index contributed by atoms with van der Waals surface area (Å²) in [6.07, 6.45) is 2.45. The maximum absolute atomic E-state index is 10.1. The van der Waals surface area contributed by atoms with Crippen LogP contribution in [-0.4, -0.2) is 54.9 Å². The van der Waals surface area contributed by atoms with E-state index in [1.165, 1.54) is 19.4 Å². The van der Waals surface area contributed by atoms with Crippen LogP contribution in [0.25, 0.3) is 0 Å². The number of likely N-dealkylation sites (N-methyl/N-ethyl adjacent to an activating group) is 2. The molecule has 1 fully saturated rings. The van der Waals surface area contributed by atoms with E-state index < -0.39 is 0 Å². The molecule has 0 amide bonds. The van der Waals surface area contributed by atoms with Gasteiger partial charge in [0.15, 0.2) is 11.5 Å². The summed E-state index contributed by atoms with van der Waals surface area (Å²) in [4.78, 5) is 4.68. The van der Waals surface area contributed by atoms with E-state index in [-0.39, 0.29) is 12.5 Å². The molecule has 0 aromatic heterocycles. The second-order valence-corrected chi connectivity index (χ2v) is 5.81. The Hall–Kier alpha value is -1.46. The smallest absolute Gasteiger partial charge is 0.231 e. The van der Waals surface area contributed by atoms with Crippen LogP contribution < -0.4 is 9.47 Å². The highest BCUT2D eigenvalue weighted by molar-refractivity contribution is 5.51. The Morgan fingerprint density at radius 2 is 2.10 bits per heavy atom. The van der Waals surface area contributed by atoms with E-state index in [1.54, 1.807) is 6.07 Å². The first-order chi connectivity index (χ1) is 9.63. The fraction of sp³-hybridized carbons (Fsp3) is 0.600. The van der Waals surface area contributed by atoms with Crippen molar-refractivity contribution in [1.82, 2.24) is 9.80 Å². The number of benzene rings is 1. The molecule has 1 saturated heterocycles. The Labute approximate surface area is 119 Å². The van der Waals surface area contributed by atoms with Crippen LogP contribution in [0.1, 0.15) is 18.4 Å². The highest BCUT2D eigenvalue weighted by Crippen LogP contribution is 2.38. The van der Waals surface area contributed by atoms with Crippen molar-refractivity contribution in [2.45, 2.75) is 25.4 Å². The van der Waals surface area contributed by atoms with E-state index in [9.17, 15) is 5.11 Å². The monoisotopic (exact) mass is 278 g/mol. The minimum atomic E-state index is 0.238. The molecule has 1 aromatic rings. The van der Waals surface area contributed by atoms with Crippen LogP contribution in [0.2, 0.25) is 0 Å². The van der Waals surface area contributed by atoms with Crippen LogP contribution in [-0.2, 0) is 6.54 Å². The van der Waals surface area contributed by atoms with Gasteiger partial charge in [0.2, 0.25) is 6.79 Å². The van der Waals surface area contributed by atoms with Crippen LogP contribution in [0.5, 0.6) is 17.2 Å². The molecule has 3 rings (SSSR count). The van der Waals surface area contributed by atoms with Crippen molar-refractivity contribution >= 4 is 0 Å². The molecule has 110 valence electrons. The Morgan fingerprint density at radius 1 is 1.35 bits per heavy atom. The van der Waals surface area contributed by atoms with E-state index >= 15 is 0 Å². The third-order valence-corrected chi connectivity index (χ3v) is 4.22. The summed E-state index contributed by atoms with van der Waals surface area (Å²) in [6.45, 7) is 3.23. The average molecular weight is 278 g/mol. The van der Waals surface area contributed by atoms with Gasteiger partial charge in [0, 0.05) is 30.8 Å². The van der Waals surface area contributed by atoms with Gasteiger partial charge < -0.3 is 19.5 Å². The van der Waals surface area contributed by atoms with Crippen molar-refractivity contribution in [2.75, 3.05) is 34.0 Å². The quantitative estimate of drug-likeness (QED) is 0.911. The molecule has 0 radical (unpaired) electrons. The molecule has 0 spiro atoms. The van der Waals surface area contributed by atoms with E-state index in [0.29, 0.717) is 11.8 Å². The lowest BCUT2D eigenvalue weighted by Gasteiger charge is -2.36. The predicted molar refractivity (Wildman–Crippen MR) is 76.2 cm³/mol. The summed E-state index contributed by atoms with van der Waals surface area (Å²) in [5, 5.41) is 10.1. The lowest BCUT2D eigenvalue weighted by molar-refractivity contribution is 0.128. The molecule has 2 heterocycles. The number of fused-ring (bicyclic) bond motifs is 1. The predicted octanol–water partition coefficient (Wildman–Crippen LogP) is 1.65. The number of nitrogens with zero attached hydrogens (tertiary/aromatic N) is 2. The number of phenolic OH excluding ortho intramolecular Hbond substituents is 1. The zero-order valence-electron chi connectivity index (χ0n) is 12.1. The van der Waals surface area contributed by atoms with E-state index in [4.69, 9.17) is 9.47 Å². The Balaban J connectivity index is 1.71. The zero-order valence-corrected chi connectivity index (χ0v) is 12.1. The molecule has 1 aromatic carbocycles. The molecule has 1 unspecified atom stereocenters. The largest absolute Gasteiger partial charge is 0.507 e. The highest BCUT2D eigenvalue weighted by Gasteiger charge is 2.23. The summed E-state index contributed by atoms with van der Waals surface area (Å²) >= 11 is 0. The number of ether oxygens (including phenoxy) is 2. The lowest BCUT2D eigenvalue weighted by atomic mass is 10.0. The Morgan fingerprint density at radius 3 is 2.85 bits per heavy atom. The van der Waals surface area contributed by atoms with Gasteiger partial charge in [-0.2, -0.15) is 0 Å². The number of hydrogen-bond donors (Lipinski definition) is 1. The summed E-state index contributed by atoms with van der Waals surface area (Å²) in [5.41, 5.74) is 0.893. The SMILES string of the molecule is CN1CCCC(N(C)Cc2cc3c(cc2O)OCO3)C1. The molecule has 0 bridgehead atoms. The van der Waals surface area contributed by atoms with Gasteiger partial charge in [0.1, 0.15) is 5.75 Å².